The van der Waals surface area contributed by atoms with E-state index in [2.05, 4.69) is 14.7 Å². The van der Waals surface area contributed by atoms with Gasteiger partial charge in [-0.25, -0.2) is 0 Å². The molecule has 1 atom stereocenters. The molecule has 9 heavy (non-hydrogen) atoms. The molecular weight excluding hydrogens is 122 g/mol. The van der Waals surface area contributed by atoms with Crippen LogP contribution < -0.4 is 0 Å². The standard InChI is InChI=1S/C5H7NO3/c1-8-5(7)4-2-6-9-3-4/h2,4H,3H2,1H3/t4-/m0/s1. The molecule has 50 valence electrons. The van der Waals surface area contributed by atoms with Crippen molar-refractivity contribution in [3.63, 3.8) is 0 Å². The van der Waals surface area contributed by atoms with Gasteiger partial charge in [0, 0.05) is 0 Å². The number of carbonyl (C=O) groups is 1. The molecule has 0 fully saturated rings. The average molecular weight is 129 g/mol. The molecule has 0 aliphatic carbocycles. The lowest BCUT2D eigenvalue weighted by molar-refractivity contribution is -0.143. The highest BCUT2D eigenvalue weighted by Crippen LogP contribution is 2.03. The molecule has 0 amide bonds. The Hall–Kier alpha value is -1.06. The molecule has 0 aromatic rings. The second kappa shape index (κ2) is 2.48. The van der Waals surface area contributed by atoms with Crippen molar-refractivity contribution in [3.8, 4) is 0 Å². The summed E-state index contributed by atoms with van der Waals surface area (Å²) in [5.74, 6) is -0.591. The third-order valence-corrected chi connectivity index (χ3v) is 1.07. The number of oxime groups is 1. The predicted molar refractivity (Wildman–Crippen MR) is 29.9 cm³/mol. The van der Waals surface area contributed by atoms with Gasteiger partial charge in [-0.05, 0) is 0 Å². The van der Waals surface area contributed by atoms with Crippen LogP contribution >= 0.6 is 0 Å². The Balaban J connectivity index is 2.43. The zero-order valence-electron chi connectivity index (χ0n) is 5.03. The lowest BCUT2D eigenvalue weighted by atomic mass is 10.2. The predicted octanol–water partition coefficient (Wildman–Crippen LogP) is -0.208. The van der Waals surface area contributed by atoms with Gasteiger partial charge in [-0.1, -0.05) is 5.16 Å². The topological polar surface area (TPSA) is 47.9 Å². The first-order valence-electron chi connectivity index (χ1n) is 2.58. The Bertz CT molecular complexity index is 143. The second-order valence-corrected chi connectivity index (χ2v) is 1.68. The lowest BCUT2D eigenvalue weighted by Gasteiger charge is -1.99. The van der Waals surface area contributed by atoms with Crippen LogP contribution in [-0.4, -0.2) is 25.9 Å². The van der Waals surface area contributed by atoms with Gasteiger partial charge in [0.05, 0.1) is 13.3 Å². The molecule has 0 saturated heterocycles. The zero-order chi connectivity index (χ0) is 6.69. The number of carbonyl (C=O) groups excluding carboxylic acids is 1. The summed E-state index contributed by atoms with van der Waals surface area (Å²) in [5.41, 5.74) is 0. The van der Waals surface area contributed by atoms with Crippen LogP contribution in [0.25, 0.3) is 0 Å². The summed E-state index contributed by atoms with van der Waals surface area (Å²) < 4.78 is 4.42. The fourth-order valence-corrected chi connectivity index (χ4v) is 0.563. The summed E-state index contributed by atoms with van der Waals surface area (Å²) in [4.78, 5) is 15.2. The van der Waals surface area contributed by atoms with Crippen molar-refractivity contribution < 1.29 is 14.4 Å². The van der Waals surface area contributed by atoms with Crippen molar-refractivity contribution in [1.82, 2.24) is 0 Å². The summed E-state index contributed by atoms with van der Waals surface area (Å²) in [5, 5.41) is 3.41. The van der Waals surface area contributed by atoms with E-state index in [1.165, 1.54) is 13.3 Å². The fourth-order valence-electron chi connectivity index (χ4n) is 0.563. The van der Waals surface area contributed by atoms with Crippen molar-refractivity contribution in [2.24, 2.45) is 11.1 Å². The van der Waals surface area contributed by atoms with E-state index in [0.717, 1.165) is 0 Å². The van der Waals surface area contributed by atoms with Crippen LogP contribution in [0.3, 0.4) is 0 Å². The molecule has 0 N–H and O–H groups in total. The Morgan fingerprint density at radius 2 is 2.78 bits per heavy atom. The van der Waals surface area contributed by atoms with E-state index in [9.17, 15) is 4.79 Å². The number of hydrogen-bond acceptors (Lipinski definition) is 4. The van der Waals surface area contributed by atoms with Gasteiger partial charge in [0.15, 0.2) is 0 Å². The van der Waals surface area contributed by atoms with E-state index in [4.69, 9.17) is 0 Å². The summed E-state index contributed by atoms with van der Waals surface area (Å²) in [7, 11) is 1.34. The van der Waals surface area contributed by atoms with E-state index in [1.807, 2.05) is 0 Å². The Morgan fingerprint density at radius 3 is 3.22 bits per heavy atom. The number of rotatable bonds is 1. The van der Waals surface area contributed by atoms with E-state index < -0.39 is 0 Å². The molecule has 0 radical (unpaired) electrons. The largest absolute Gasteiger partial charge is 0.468 e. The van der Waals surface area contributed by atoms with Crippen LogP contribution in [-0.2, 0) is 14.4 Å². The van der Waals surface area contributed by atoms with Gasteiger partial charge in [-0.3, -0.25) is 4.79 Å². The van der Waals surface area contributed by atoms with E-state index in [-0.39, 0.29) is 11.9 Å². The van der Waals surface area contributed by atoms with Crippen molar-refractivity contribution >= 4 is 12.2 Å². The van der Waals surface area contributed by atoms with Gasteiger partial charge in [0.1, 0.15) is 12.5 Å². The minimum absolute atomic E-state index is 0.295. The van der Waals surface area contributed by atoms with Crippen LogP contribution in [0.2, 0.25) is 0 Å². The van der Waals surface area contributed by atoms with Crippen molar-refractivity contribution in [2.45, 2.75) is 0 Å². The molecule has 0 aromatic carbocycles. The molecule has 1 heterocycles. The quantitative estimate of drug-likeness (QED) is 0.460. The number of methoxy groups -OCH3 is 1. The minimum atomic E-state index is -0.296. The summed E-state index contributed by atoms with van der Waals surface area (Å²) in [6.45, 7) is 0.312. The van der Waals surface area contributed by atoms with Crippen LogP contribution in [0.1, 0.15) is 0 Å². The monoisotopic (exact) mass is 129 g/mol. The molecule has 0 aromatic heterocycles. The first-order chi connectivity index (χ1) is 4.34. The number of nitrogens with zero attached hydrogens (tertiary/aromatic N) is 1. The van der Waals surface area contributed by atoms with Crippen LogP contribution in [0.4, 0.5) is 0 Å². The van der Waals surface area contributed by atoms with Gasteiger partial charge >= 0.3 is 5.97 Å². The third kappa shape index (κ3) is 1.19. The molecular formula is C5H7NO3. The van der Waals surface area contributed by atoms with Gasteiger partial charge in [0.2, 0.25) is 0 Å². The first-order valence-corrected chi connectivity index (χ1v) is 2.58. The highest BCUT2D eigenvalue weighted by molar-refractivity contribution is 5.90. The maximum absolute atomic E-state index is 10.6. The Labute approximate surface area is 52.4 Å². The van der Waals surface area contributed by atoms with Gasteiger partial charge < -0.3 is 9.57 Å². The van der Waals surface area contributed by atoms with E-state index >= 15 is 0 Å². The molecule has 4 nitrogen and oxygen atoms in total. The number of hydrogen-bond donors (Lipinski definition) is 0. The summed E-state index contributed by atoms with van der Waals surface area (Å²) >= 11 is 0. The maximum Gasteiger partial charge on any atom is 0.317 e. The highest BCUT2D eigenvalue weighted by Gasteiger charge is 2.21. The smallest absolute Gasteiger partial charge is 0.317 e. The Morgan fingerprint density at radius 1 is 2.00 bits per heavy atom. The fraction of sp³-hybridized carbons (Fsp3) is 0.600. The number of esters is 1. The van der Waals surface area contributed by atoms with Crippen LogP contribution in [0.15, 0.2) is 5.16 Å². The molecule has 4 heteroatoms. The summed E-state index contributed by atoms with van der Waals surface area (Å²) in [6, 6.07) is 0. The highest BCUT2D eigenvalue weighted by atomic mass is 16.6. The van der Waals surface area contributed by atoms with E-state index in [1.54, 1.807) is 0 Å². The SMILES string of the molecule is COC(=O)[C@H]1C=NOC1. The molecule has 0 saturated carbocycles. The molecule has 1 aliphatic heterocycles. The van der Waals surface area contributed by atoms with Crippen LogP contribution in [0.5, 0.6) is 0 Å². The maximum atomic E-state index is 10.6. The minimum Gasteiger partial charge on any atom is -0.468 e. The van der Waals surface area contributed by atoms with Crippen LogP contribution in [0, 0.1) is 5.92 Å². The summed E-state index contributed by atoms with van der Waals surface area (Å²) in [6.07, 6.45) is 1.44. The average Bonchev–Trinajstić information content (AvgIpc) is 2.37. The second-order valence-electron chi connectivity index (χ2n) is 1.68. The van der Waals surface area contributed by atoms with Crippen molar-refractivity contribution in [2.75, 3.05) is 13.7 Å². The third-order valence-electron chi connectivity index (χ3n) is 1.07. The van der Waals surface area contributed by atoms with Gasteiger partial charge in [-0.2, -0.15) is 0 Å². The molecule has 0 spiro atoms. The molecule has 0 unspecified atom stereocenters. The number of ether oxygens (including phenoxy) is 1. The molecule has 0 bridgehead atoms. The van der Waals surface area contributed by atoms with Crippen molar-refractivity contribution in [3.05, 3.63) is 0 Å². The van der Waals surface area contributed by atoms with E-state index in [0.29, 0.717) is 6.61 Å². The zero-order valence-corrected chi connectivity index (χ0v) is 5.03. The lowest BCUT2D eigenvalue weighted by Crippen LogP contribution is -2.17. The van der Waals surface area contributed by atoms with Gasteiger partial charge in [-0.15, -0.1) is 0 Å². The molecule has 1 aliphatic rings. The van der Waals surface area contributed by atoms with Crippen molar-refractivity contribution in [1.29, 1.82) is 0 Å². The van der Waals surface area contributed by atoms with Gasteiger partial charge in [0.25, 0.3) is 0 Å². The molecule has 1 rings (SSSR count). The Kier molecular flexibility index (Phi) is 1.67. The first kappa shape index (κ1) is 6.07. The normalized spacial score (nSPS) is 23.4.